The fraction of sp³-hybridized carbons (Fsp3) is 0.727. The lowest BCUT2D eigenvalue weighted by molar-refractivity contribution is 0.0527. The molecule has 102 valence electrons. The summed E-state index contributed by atoms with van der Waals surface area (Å²) in [4.78, 5) is 17.2. The Morgan fingerprint density at radius 2 is 2.11 bits per heavy atom. The van der Waals surface area contributed by atoms with Crippen molar-refractivity contribution in [1.29, 1.82) is 0 Å². The number of hydrogen-bond donors (Lipinski definition) is 1. The Bertz CT molecular complexity index is 395. The summed E-state index contributed by atoms with van der Waals surface area (Å²) in [5.41, 5.74) is -0.493. The van der Waals surface area contributed by atoms with E-state index in [1.807, 2.05) is 34.9 Å². The van der Waals surface area contributed by atoms with Gasteiger partial charge in [0.25, 0.3) is 5.95 Å². The first-order chi connectivity index (χ1) is 8.28. The number of nitrogens with zero attached hydrogens (tertiary/aromatic N) is 3. The zero-order valence-corrected chi connectivity index (χ0v) is 11.5. The highest BCUT2D eigenvalue weighted by Crippen LogP contribution is 2.07. The van der Waals surface area contributed by atoms with Crippen LogP contribution >= 0.6 is 0 Å². The lowest BCUT2D eigenvalue weighted by Gasteiger charge is -2.19. The molecule has 18 heavy (non-hydrogen) atoms. The van der Waals surface area contributed by atoms with Crippen LogP contribution in [0.3, 0.4) is 0 Å². The van der Waals surface area contributed by atoms with Gasteiger partial charge in [-0.15, -0.1) is 0 Å². The molecule has 0 radical (unpaired) electrons. The third-order valence-corrected chi connectivity index (χ3v) is 1.86. The molecule has 7 heteroatoms. The van der Waals surface area contributed by atoms with Gasteiger partial charge in [0, 0.05) is 27.1 Å². The van der Waals surface area contributed by atoms with Crippen LogP contribution in [0.5, 0.6) is 0 Å². The SMILES string of the molecule is CN(C)c1noc(CCNC(=O)OC(C)(C)C)n1. The summed E-state index contributed by atoms with van der Waals surface area (Å²) in [5.74, 6) is 0.997. The summed E-state index contributed by atoms with van der Waals surface area (Å²) >= 11 is 0. The zero-order chi connectivity index (χ0) is 13.8. The van der Waals surface area contributed by atoms with Crippen LogP contribution in [0.25, 0.3) is 0 Å². The third kappa shape index (κ3) is 5.03. The highest BCUT2D eigenvalue weighted by Gasteiger charge is 2.16. The third-order valence-electron chi connectivity index (χ3n) is 1.86. The number of nitrogens with one attached hydrogen (secondary N) is 1. The molecule has 0 saturated heterocycles. The molecule has 0 atom stereocenters. The average Bonchev–Trinajstić information content (AvgIpc) is 2.63. The molecule has 0 aliphatic heterocycles. The van der Waals surface area contributed by atoms with Gasteiger partial charge in [0.15, 0.2) is 0 Å². The van der Waals surface area contributed by atoms with Crippen molar-refractivity contribution < 1.29 is 14.1 Å². The number of amides is 1. The Morgan fingerprint density at radius 1 is 1.44 bits per heavy atom. The van der Waals surface area contributed by atoms with Crippen LogP contribution in [0.15, 0.2) is 4.52 Å². The molecule has 7 nitrogen and oxygen atoms in total. The first-order valence-electron chi connectivity index (χ1n) is 5.75. The zero-order valence-electron chi connectivity index (χ0n) is 11.5. The number of hydrogen-bond acceptors (Lipinski definition) is 6. The van der Waals surface area contributed by atoms with Crippen molar-refractivity contribution in [2.24, 2.45) is 0 Å². The molecule has 1 N–H and O–H groups in total. The van der Waals surface area contributed by atoms with Gasteiger partial charge in [-0.25, -0.2) is 4.79 Å². The number of carbonyl (C=O) groups is 1. The summed E-state index contributed by atoms with van der Waals surface area (Å²) in [7, 11) is 3.65. The van der Waals surface area contributed by atoms with Crippen molar-refractivity contribution in [3.8, 4) is 0 Å². The van der Waals surface area contributed by atoms with E-state index in [-0.39, 0.29) is 0 Å². The normalized spacial score (nSPS) is 11.2. The Hall–Kier alpha value is -1.79. The van der Waals surface area contributed by atoms with E-state index in [1.165, 1.54) is 0 Å². The largest absolute Gasteiger partial charge is 0.444 e. The van der Waals surface area contributed by atoms with Gasteiger partial charge in [0.1, 0.15) is 5.60 Å². The van der Waals surface area contributed by atoms with Gasteiger partial charge in [-0.3, -0.25) is 0 Å². The van der Waals surface area contributed by atoms with Crippen LogP contribution < -0.4 is 10.2 Å². The Kier molecular flexibility index (Phi) is 4.52. The van der Waals surface area contributed by atoms with E-state index in [1.54, 1.807) is 4.90 Å². The summed E-state index contributed by atoms with van der Waals surface area (Å²) in [6.45, 7) is 5.83. The maximum atomic E-state index is 11.4. The molecular weight excluding hydrogens is 236 g/mol. The van der Waals surface area contributed by atoms with E-state index in [9.17, 15) is 4.79 Å². The molecule has 0 spiro atoms. The quantitative estimate of drug-likeness (QED) is 0.872. The van der Waals surface area contributed by atoms with Crippen LogP contribution in [0.1, 0.15) is 26.7 Å². The van der Waals surface area contributed by atoms with Crippen molar-refractivity contribution in [3.05, 3.63) is 5.89 Å². The van der Waals surface area contributed by atoms with Crippen LogP contribution in [0.2, 0.25) is 0 Å². The number of aromatic nitrogens is 2. The molecule has 0 unspecified atom stereocenters. The molecule has 0 saturated carbocycles. The fourth-order valence-corrected chi connectivity index (χ4v) is 1.11. The number of rotatable bonds is 4. The molecule has 0 aliphatic carbocycles. The minimum Gasteiger partial charge on any atom is -0.444 e. The van der Waals surface area contributed by atoms with Gasteiger partial charge in [-0.05, 0) is 25.9 Å². The monoisotopic (exact) mass is 256 g/mol. The predicted octanol–water partition coefficient (Wildman–Crippen LogP) is 1.20. The van der Waals surface area contributed by atoms with Crippen molar-refractivity contribution in [3.63, 3.8) is 0 Å². The van der Waals surface area contributed by atoms with Gasteiger partial charge in [0.05, 0.1) is 0 Å². The summed E-state index contributed by atoms with van der Waals surface area (Å²) in [5, 5.41) is 6.39. The maximum absolute atomic E-state index is 11.4. The lowest BCUT2D eigenvalue weighted by atomic mass is 10.2. The fourth-order valence-electron chi connectivity index (χ4n) is 1.11. The van der Waals surface area contributed by atoms with Gasteiger partial charge >= 0.3 is 6.09 Å². The number of anilines is 1. The second kappa shape index (κ2) is 5.70. The summed E-state index contributed by atoms with van der Waals surface area (Å²) in [6, 6.07) is 0. The van der Waals surface area contributed by atoms with Crippen molar-refractivity contribution in [2.45, 2.75) is 32.8 Å². The van der Waals surface area contributed by atoms with E-state index >= 15 is 0 Å². The van der Waals surface area contributed by atoms with E-state index in [0.717, 1.165) is 0 Å². The Balaban J connectivity index is 2.31. The first-order valence-corrected chi connectivity index (χ1v) is 5.75. The second-order valence-electron chi connectivity index (χ2n) is 5.06. The minimum atomic E-state index is -0.493. The van der Waals surface area contributed by atoms with E-state index < -0.39 is 11.7 Å². The lowest BCUT2D eigenvalue weighted by Crippen LogP contribution is -2.33. The molecule has 1 amide bonds. The van der Waals surface area contributed by atoms with E-state index in [0.29, 0.717) is 24.8 Å². The van der Waals surface area contributed by atoms with E-state index in [2.05, 4.69) is 15.5 Å². The highest BCUT2D eigenvalue weighted by atomic mass is 16.6. The van der Waals surface area contributed by atoms with Crippen LogP contribution in [0, 0.1) is 0 Å². The van der Waals surface area contributed by atoms with Gasteiger partial charge in [-0.1, -0.05) is 0 Å². The number of ether oxygens (including phenoxy) is 1. The molecule has 0 bridgehead atoms. The smallest absolute Gasteiger partial charge is 0.407 e. The molecule has 1 aromatic rings. The van der Waals surface area contributed by atoms with Gasteiger partial charge in [0.2, 0.25) is 5.89 Å². The minimum absolute atomic E-state index is 0.393. The van der Waals surface area contributed by atoms with Crippen molar-refractivity contribution >= 4 is 12.0 Å². The Morgan fingerprint density at radius 3 is 2.61 bits per heavy atom. The molecule has 0 aromatic carbocycles. The molecule has 0 fully saturated rings. The Labute approximate surface area is 106 Å². The van der Waals surface area contributed by atoms with Crippen LogP contribution in [0.4, 0.5) is 10.7 Å². The van der Waals surface area contributed by atoms with Crippen molar-refractivity contribution in [2.75, 3.05) is 25.5 Å². The molecule has 1 aromatic heterocycles. The van der Waals surface area contributed by atoms with Crippen LogP contribution in [-0.4, -0.2) is 42.5 Å². The van der Waals surface area contributed by atoms with Gasteiger partial charge < -0.3 is 19.5 Å². The molecular formula is C11H20N4O3. The topological polar surface area (TPSA) is 80.5 Å². The highest BCUT2D eigenvalue weighted by molar-refractivity contribution is 5.67. The average molecular weight is 256 g/mol. The second-order valence-corrected chi connectivity index (χ2v) is 5.06. The summed E-state index contributed by atoms with van der Waals surface area (Å²) in [6.07, 6.45) is 0.0231. The number of alkyl carbamates (subject to hydrolysis) is 1. The maximum Gasteiger partial charge on any atom is 0.407 e. The van der Waals surface area contributed by atoms with Crippen LogP contribution in [-0.2, 0) is 11.2 Å². The standard InChI is InChI=1S/C11H20N4O3/c1-11(2,3)17-10(16)12-7-6-8-13-9(14-18-8)15(4)5/h6-7H2,1-5H3,(H,12,16). The molecule has 0 aliphatic rings. The van der Waals surface area contributed by atoms with Crippen molar-refractivity contribution in [1.82, 2.24) is 15.5 Å². The number of carbonyl (C=O) groups excluding carboxylic acids is 1. The van der Waals surface area contributed by atoms with E-state index in [4.69, 9.17) is 9.26 Å². The first kappa shape index (κ1) is 14.3. The van der Waals surface area contributed by atoms with Gasteiger partial charge in [-0.2, -0.15) is 4.98 Å². The molecule has 1 heterocycles. The molecule has 1 rings (SSSR count). The predicted molar refractivity (Wildman–Crippen MR) is 66.6 cm³/mol. The summed E-state index contributed by atoms with van der Waals surface area (Å²) < 4.78 is 10.1.